The van der Waals surface area contributed by atoms with Gasteiger partial charge in [0.15, 0.2) is 0 Å². The average Bonchev–Trinajstić information content (AvgIpc) is 3.22. The molecule has 0 aliphatic carbocycles. The largest absolute Gasteiger partial charge is 0.367 e. The van der Waals surface area contributed by atoms with Gasteiger partial charge in [-0.2, -0.15) is 5.10 Å². The third-order valence-corrected chi connectivity index (χ3v) is 5.26. The fraction of sp³-hybridized carbons (Fsp3) is 0.611. The maximum atomic E-state index is 4.51. The molecule has 0 saturated carbocycles. The molecule has 4 rings (SSSR count). The molecule has 0 radical (unpaired) electrons. The van der Waals surface area contributed by atoms with Crippen molar-refractivity contribution in [2.45, 2.75) is 44.8 Å². The molecule has 0 atom stereocenters. The third kappa shape index (κ3) is 3.61. The van der Waals surface area contributed by atoms with Crippen molar-refractivity contribution in [1.29, 1.82) is 0 Å². The van der Waals surface area contributed by atoms with Gasteiger partial charge in [0, 0.05) is 63.6 Å². The monoisotopic (exact) mass is 341 g/mol. The van der Waals surface area contributed by atoms with Crippen molar-refractivity contribution in [3.8, 4) is 0 Å². The normalized spacial score (nSPS) is 18.3. The first kappa shape index (κ1) is 16.3. The van der Waals surface area contributed by atoms with Crippen LogP contribution in [0.25, 0.3) is 0 Å². The Morgan fingerprint density at radius 2 is 2.04 bits per heavy atom. The number of hydrogen-bond donors (Lipinski definition) is 1. The maximum Gasteiger partial charge on any atom is 0.133 e. The summed E-state index contributed by atoms with van der Waals surface area (Å²) in [6, 6.07) is 2.50. The lowest BCUT2D eigenvalue weighted by Crippen LogP contribution is -2.38. The van der Waals surface area contributed by atoms with Crippen LogP contribution in [0.3, 0.4) is 0 Å². The number of aromatic nitrogens is 4. The lowest BCUT2D eigenvalue weighted by atomic mass is 10.0. The highest BCUT2D eigenvalue weighted by molar-refractivity contribution is 5.47. The van der Waals surface area contributed by atoms with Crippen LogP contribution in [-0.4, -0.2) is 57.9 Å². The minimum Gasteiger partial charge on any atom is -0.367 e. The summed E-state index contributed by atoms with van der Waals surface area (Å²) in [5.41, 5.74) is 2.88. The van der Waals surface area contributed by atoms with Gasteiger partial charge in [0.05, 0.1) is 6.20 Å². The Balaban J connectivity index is 1.30. The van der Waals surface area contributed by atoms with Gasteiger partial charge in [-0.25, -0.2) is 9.97 Å². The second kappa shape index (κ2) is 7.00. The fourth-order valence-electron chi connectivity index (χ4n) is 3.82. The number of nitrogens with one attached hydrogen (secondary N) is 1. The van der Waals surface area contributed by atoms with Crippen molar-refractivity contribution in [2.24, 2.45) is 0 Å². The van der Waals surface area contributed by atoms with E-state index < -0.39 is 0 Å². The van der Waals surface area contributed by atoms with Crippen LogP contribution >= 0.6 is 0 Å². The number of hydrogen-bond acceptors (Lipinski definition) is 6. The molecule has 7 heteroatoms. The van der Waals surface area contributed by atoms with Crippen molar-refractivity contribution in [3.63, 3.8) is 0 Å². The van der Waals surface area contributed by atoms with E-state index in [9.17, 15) is 0 Å². The first-order valence-electron chi connectivity index (χ1n) is 9.21. The molecule has 0 aromatic carbocycles. The molecule has 0 amide bonds. The first-order chi connectivity index (χ1) is 12.2. The summed E-state index contributed by atoms with van der Waals surface area (Å²) >= 11 is 0. The Bertz CT molecular complexity index is 716. The van der Waals surface area contributed by atoms with Crippen LogP contribution in [0.2, 0.25) is 0 Å². The van der Waals surface area contributed by atoms with Crippen LogP contribution in [-0.2, 0) is 19.5 Å². The van der Waals surface area contributed by atoms with Gasteiger partial charge < -0.3 is 10.2 Å². The third-order valence-electron chi connectivity index (χ3n) is 5.26. The first-order valence-corrected chi connectivity index (χ1v) is 9.21. The van der Waals surface area contributed by atoms with Gasteiger partial charge in [0.1, 0.15) is 18.0 Å². The van der Waals surface area contributed by atoms with Crippen molar-refractivity contribution in [2.75, 3.05) is 37.4 Å². The number of anilines is 2. The Morgan fingerprint density at radius 3 is 2.84 bits per heavy atom. The zero-order valence-electron chi connectivity index (χ0n) is 15.1. The standard InChI is InChI=1S/C18H27N7/c1-23(2)18-10-17(19-13-20-18)22-15-5-8-24(9-6-15)12-14-11-21-25-7-3-4-16(14)25/h10-11,13,15H,3-9,12H2,1-2H3,(H,19,20,22). The minimum absolute atomic E-state index is 0.485. The summed E-state index contributed by atoms with van der Waals surface area (Å²) in [4.78, 5) is 13.2. The van der Waals surface area contributed by atoms with E-state index in [1.807, 2.05) is 25.1 Å². The van der Waals surface area contributed by atoms with Crippen molar-refractivity contribution in [1.82, 2.24) is 24.6 Å². The highest BCUT2D eigenvalue weighted by Crippen LogP contribution is 2.22. The van der Waals surface area contributed by atoms with E-state index in [1.54, 1.807) is 6.33 Å². The smallest absolute Gasteiger partial charge is 0.133 e. The van der Waals surface area contributed by atoms with Crippen LogP contribution in [0.15, 0.2) is 18.6 Å². The zero-order chi connectivity index (χ0) is 17.2. The Kier molecular flexibility index (Phi) is 4.57. The van der Waals surface area contributed by atoms with E-state index in [-0.39, 0.29) is 0 Å². The predicted octanol–water partition coefficient (Wildman–Crippen LogP) is 1.76. The minimum atomic E-state index is 0.485. The quantitative estimate of drug-likeness (QED) is 0.894. The molecule has 2 aromatic heterocycles. The molecule has 1 N–H and O–H groups in total. The van der Waals surface area contributed by atoms with E-state index in [0.29, 0.717) is 6.04 Å². The van der Waals surface area contributed by atoms with Gasteiger partial charge in [-0.1, -0.05) is 0 Å². The molecule has 0 spiro atoms. The number of likely N-dealkylation sites (tertiary alicyclic amines) is 1. The lowest BCUT2D eigenvalue weighted by Gasteiger charge is -2.32. The number of nitrogens with zero attached hydrogens (tertiary/aromatic N) is 6. The number of piperidine rings is 1. The van der Waals surface area contributed by atoms with Crippen molar-refractivity contribution < 1.29 is 0 Å². The van der Waals surface area contributed by atoms with Crippen LogP contribution in [0, 0.1) is 0 Å². The van der Waals surface area contributed by atoms with Crippen molar-refractivity contribution >= 4 is 11.6 Å². The molecular formula is C18H27N7. The van der Waals surface area contributed by atoms with Crippen molar-refractivity contribution in [3.05, 3.63) is 29.8 Å². The molecular weight excluding hydrogens is 314 g/mol. The van der Waals surface area contributed by atoms with Crippen LogP contribution in [0.1, 0.15) is 30.5 Å². The van der Waals surface area contributed by atoms with Gasteiger partial charge >= 0.3 is 0 Å². The molecule has 2 aliphatic rings. The summed E-state index contributed by atoms with van der Waals surface area (Å²) < 4.78 is 2.18. The van der Waals surface area contributed by atoms with Gasteiger partial charge in [-0.15, -0.1) is 0 Å². The summed E-state index contributed by atoms with van der Waals surface area (Å²) in [5, 5.41) is 8.09. The second-order valence-electron chi connectivity index (χ2n) is 7.29. The Morgan fingerprint density at radius 1 is 1.20 bits per heavy atom. The second-order valence-corrected chi connectivity index (χ2v) is 7.29. The fourth-order valence-corrected chi connectivity index (χ4v) is 3.82. The Hall–Kier alpha value is -2.15. The van der Waals surface area contributed by atoms with Crippen LogP contribution in [0.5, 0.6) is 0 Å². The zero-order valence-corrected chi connectivity index (χ0v) is 15.1. The summed E-state index contributed by atoms with van der Waals surface area (Å²) in [6.45, 7) is 4.37. The highest BCUT2D eigenvalue weighted by Gasteiger charge is 2.22. The van der Waals surface area contributed by atoms with Gasteiger partial charge in [0.25, 0.3) is 0 Å². The number of fused-ring (bicyclic) bond motifs is 1. The average molecular weight is 341 g/mol. The molecule has 2 aromatic rings. The summed E-state index contributed by atoms with van der Waals surface area (Å²) in [5.74, 6) is 1.86. The van der Waals surface area contributed by atoms with Gasteiger partial charge in [-0.3, -0.25) is 9.58 Å². The molecule has 7 nitrogen and oxygen atoms in total. The topological polar surface area (TPSA) is 62.1 Å². The van der Waals surface area contributed by atoms with Crippen LogP contribution in [0.4, 0.5) is 11.6 Å². The van der Waals surface area contributed by atoms with E-state index in [4.69, 9.17) is 0 Å². The molecule has 0 unspecified atom stereocenters. The van der Waals surface area contributed by atoms with E-state index in [0.717, 1.165) is 50.7 Å². The lowest BCUT2D eigenvalue weighted by molar-refractivity contribution is 0.210. The maximum absolute atomic E-state index is 4.51. The highest BCUT2D eigenvalue weighted by atomic mass is 15.3. The van der Waals surface area contributed by atoms with E-state index in [2.05, 4.69) is 36.2 Å². The van der Waals surface area contributed by atoms with E-state index in [1.165, 1.54) is 24.1 Å². The van der Waals surface area contributed by atoms with Crippen LogP contribution < -0.4 is 10.2 Å². The Labute approximate surface area is 149 Å². The molecule has 1 fully saturated rings. The van der Waals surface area contributed by atoms with Gasteiger partial charge in [0.2, 0.25) is 0 Å². The summed E-state index contributed by atoms with van der Waals surface area (Å²) in [6.07, 6.45) is 8.43. The predicted molar refractivity (Wildman–Crippen MR) is 98.8 cm³/mol. The molecule has 1 saturated heterocycles. The molecule has 0 bridgehead atoms. The number of rotatable bonds is 5. The molecule has 4 heterocycles. The number of aryl methyl sites for hydroxylation is 1. The SMILES string of the molecule is CN(C)c1cc(NC2CCN(Cc3cnn4c3CCC4)CC2)ncn1. The van der Waals surface area contributed by atoms with E-state index >= 15 is 0 Å². The molecule has 25 heavy (non-hydrogen) atoms. The molecule has 2 aliphatic heterocycles. The van der Waals surface area contributed by atoms with Gasteiger partial charge in [-0.05, 0) is 25.7 Å². The summed E-state index contributed by atoms with van der Waals surface area (Å²) in [7, 11) is 4.00. The molecule has 134 valence electrons.